The van der Waals surface area contributed by atoms with Crippen LogP contribution in [0.3, 0.4) is 0 Å². The highest BCUT2D eigenvalue weighted by molar-refractivity contribution is 9.10. The summed E-state index contributed by atoms with van der Waals surface area (Å²) in [6.07, 6.45) is 0. The monoisotopic (exact) mass is 254 g/mol. The molecular formula is C7H2BrF3O2. The first-order valence-electron chi connectivity index (χ1n) is 3.01. The molecule has 1 aromatic rings. The third-order valence-corrected chi connectivity index (χ3v) is 1.91. The van der Waals surface area contributed by atoms with Crippen LogP contribution in [0.4, 0.5) is 13.2 Å². The van der Waals surface area contributed by atoms with E-state index in [9.17, 15) is 18.0 Å². The molecule has 0 saturated carbocycles. The van der Waals surface area contributed by atoms with Crippen LogP contribution in [0.1, 0.15) is 10.4 Å². The highest BCUT2D eigenvalue weighted by atomic mass is 79.9. The molecule has 0 heterocycles. The Morgan fingerprint density at radius 1 is 1.31 bits per heavy atom. The molecular weight excluding hydrogens is 253 g/mol. The molecule has 0 aliphatic rings. The highest BCUT2D eigenvalue weighted by Gasteiger charge is 2.22. The minimum Gasteiger partial charge on any atom is -0.477 e. The summed E-state index contributed by atoms with van der Waals surface area (Å²) in [4.78, 5) is 10.2. The van der Waals surface area contributed by atoms with Crippen LogP contribution in [0.15, 0.2) is 10.5 Å². The fraction of sp³-hybridized carbons (Fsp3) is 0. The predicted octanol–water partition coefficient (Wildman–Crippen LogP) is 2.56. The maximum Gasteiger partial charge on any atom is 0.341 e. The van der Waals surface area contributed by atoms with E-state index in [0.29, 0.717) is 6.07 Å². The molecule has 2 nitrogen and oxygen atoms in total. The van der Waals surface area contributed by atoms with E-state index >= 15 is 0 Å². The number of carbonyl (C=O) groups is 1. The van der Waals surface area contributed by atoms with Crippen LogP contribution in [0.25, 0.3) is 0 Å². The molecule has 0 aliphatic heterocycles. The first-order valence-corrected chi connectivity index (χ1v) is 3.80. The topological polar surface area (TPSA) is 37.3 Å². The molecule has 0 aromatic heterocycles. The lowest BCUT2D eigenvalue weighted by Gasteiger charge is -2.01. The molecule has 0 bridgehead atoms. The Morgan fingerprint density at radius 3 is 2.31 bits per heavy atom. The van der Waals surface area contributed by atoms with Crippen LogP contribution in [-0.2, 0) is 0 Å². The first-order chi connectivity index (χ1) is 5.95. The summed E-state index contributed by atoms with van der Waals surface area (Å²) in [7, 11) is 0. The van der Waals surface area contributed by atoms with Crippen LogP contribution in [0.5, 0.6) is 0 Å². The Hall–Kier alpha value is -1.04. The van der Waals surface area contributed by atoms with Gasteiger partial charge in [0.15, 0.2) is 11.6 Å². The van der Waals surface area contributed by atoms with Gasteiger partial charge >= 0.3 is 5.97 Å². The van der Waals surface area contributed by atoms with Crippen LogP contribution in [0, 0.1) is 17.5 Å². The van der Waals surface area contributed by atoms with E-state index in [1.165, 1.54) is 0 Å². The first kappa shape index (κ1) is 10.0. The highest BCUT2D eigenvalue weighted by Crippen LogP contribution is 2.23. The van der Waals surface area contributed by atoms with E-state index in [1.54, 1.807) is 0 Å². The lowest BCUT2D eigenvalue weighted by molar-refractivity contribution is 0.0685. The number of hydrogen-bond acceptors (Lipinski definition) is 1. The quantitative estimate of drug-likeness (QED) is 0.618. The molecule has 13 heavy (non-hydrogen) atoms. The molecule has 0 atom stereocenters. The number of benzene rings is 1. The van der Waals surface area contributed by atoms with Crippen molar-refractivity contribution in [1.29, 1.82) is 0 Å². The van der Waals surface area contributed by atoms with Gasteiger partial charge in [-0.15, -0.1) is 0 Å². The average molecular weight is 255 g/mol. The summed E-state index contributed by atoms with van der Waals surface area (Å²) < 4.78 is 37.7. The Balaban J connectivity index is 3.53. The van der Waals surface area contributed by atoms with Crippen molar-refractivity contribution in [3.05, 3.63) is 33.6 Å². The largest absolute Gasteiger partial charge is 0.477 e. The molecule has 1 N–H and O–H groups in total. The zero-order chi connectivity index (χ0) is 10.2. The Labute approximate surface area is 79.1 Å². The van der Waals surface area contributed by atoms with E-state index in [2.05, 4.69) is 15.9 Å². The maximum absolute atomic E-state index is 12.7. The van der Waals surface area contributed by atoms with Gasteiger partial charge in [0.1, 0.15) is 11.4 Å². The van der Waals surface area contributed by atoms with Crippen molar-refractivity contribution in [3.63, 3.8) is 0 Å². The fourth-order valence-corrected chi connectivity index (χ4v) is 1.14. The second-order valence-electron chi connectivity index (χ2n) is 2.15. The number of carboxylic acids is 1. The van der Waals surface area contributed by atoms with Crippen molar-refractivity contribution in [2.75, 3.05) is 0 Å². The van der Waals surface area contributed by atoms with Crippen molar-refractivity contribution >= 4 is 21.9 Å². The third-order valence-electron chi connectivity index (χ3n) is 1.33. The van der Waals surface area contributed by atoms with E-state index < -0.39 is 33.5 Å². The van der Waals surface area contributed by atoms with Crippen molar-refractivity contribution in [2.45, 2.75) is 0 Å². The summed E-state index contributed by atoms with van der Waals surface area (Å²) in [5, 5.41) is 8.30. The summed E-state index contributed by atoms with van der Waals surface area (Å²) >= 11 is 2.53. The minimum atomic E-state index is -1.85. The standard InChI is InChI=1S/C7H2BrF3O2/c8-2-1-3(9)4(7(12)13)6(11)5(2)10/h1H,(H,12,13). The zero-order valence-corrected chi connectivity index (χ0v) is 7.53. The van der Waals surface area contributed by atoms with E-state index in [-0.39, 0.29) is 0 Å². The van der Waals surface area contributed by atoms with Gasteiger partial charge in [-0.05, 0) is 22.0 Å². The number of carboxylic acid groups (broad SMARTS) is 1. The average Bonchev–Trinajstić information content (AvgIpc) is 1.99. The van der Waals surface area contributed by atoms with Gasteiger partial charge in [-0.2, -0.15) is 0 Å². The van der Waals surface area contributed by atoms with E-state index in [4.69, 9.17) is 5.11 Å². The summed E-state index contributed by atoms with van der Waals surface area (Å²) in [6.45, 7) is 0. The van der Waals surface area contributed by atoms with Crippen molar-refractivity contribution in [2.24, 2.45) is 0 Å². The van der Waals surface area contributed by atoms with Gasteiger partial charge in [-0.1, -0.05) is 0 Å². The lowest BCUT2D eigenvalue weighted by atomic mass is 10.2. The molecule has 0 spiro atoms. The van der Waals surface area contributed by atoms with Gasteiger partial charge in [0.05, 0.1) is 4.47 Å². The number of aromatic carboxylic acids is 1. The Kier molecular flexibility index (Phi) is 2.60. The normalized spacial score (nSPS) is 10.2. The number of hydrogen-bond donors (Lipinski definition) is 1. The molecule has 0 saturated heterocycles. The summed E-state index contributed by atoms with van der Waals surface area (Å²) in [5.74, 6) is -6.29. The molecule has 0 fully saturated rings. The summed E-state index contributed by atoms with van der Waals surface area (Å²) in [6, 6.07) is 0.557. The van der Waals surface area contributed by atoms with Crippen LogP contribution in [0.2, 0.25) is 0 Å². The van der Waals surface area contributed by atoms with Gasteiger partial charge in [-0.25, -0.2) is 18.0 Å². The van der Waals surface area contributed by atoms with Gasteiger partial charge in [0, 0.05) is 0 Å². The smallest absolute Gasteiger partial charge is 0.341 e. The Morgan fingerprint density at radius 2 is 1.85 bits per heavy atom. The minimum absolute atomic E-state index is 0.451. The van der Waals surface area contributed by atoms with Crippen molar-refractivity contribution in [1.82, 2.24) is 0 Å². The predicted molar refractivity (Wildman–Crippen MR) is 41.0 cm³/mol. The van der Waals surface area contributed by atoms with Crippen LogP contribution < -0.4 is 0 Å². The molecule has 6 heteroatoms. The molecule has 0 amide bonds. The second-order valence-corrected chi connectivity index (χ2v) is 3.00. The summed E-state index contributed by atoms with van der Waals surface area (Å²) in [5.41, 5.74) is -1.29. The third kappa shape index (κ3) is 1.67. The van der Waals surface area contributed by atoms with Gasteiger partial charge in [-0.3, -0.25) is 0 Å². The van der Waals surface area contributed by atoms with Gasteiger partial charge in [0.25, 0.3) is 0 Å². The number of halogens is 4. The Bertz CT molecular complexity index is 378. The molecule has 0 aliphatic carbocycles. The van der Waals surface area contributed by atoms with Crippen molar-refractivity contribution < 1.29 is 23.1 Å². The molecule has 1 rings (SSSR count). The molecule has 70 valence electrons. The van der Waals surface area contributed by atoms with E-state index in [1.807, 2.05) is 0 Å². The fourth-order valence-electron chi connectivity index (χ4n) is 0.762. The molecule has 1 aromatic carbocycles. The van der Waals surface area contributed by atoms with Gasteiger partial charge in [0.2, 0.25) is 0 Å². The molecule has 0 unspecified atom stereocenters. The van der Waals surface area contributed by atoms with Crippen LogP contribution in [-0.4, -0.2) is 11.1 Å². The number of rotatable bonds is 1. The van der Waals surface area contributed by atoms with Gasteiger partial charge < -0.3 is 5.11 Å². The lowest BCUT2D eigenvalue weighted by Crippen LogP contribution is -2.07. The second kappa shape index (κ2) is 3.37. The van der Waals surface area contributed by atoms with E-state index in [0.717, 1.165) is 0 Å². The van der Waals surface area contributed by atoms with Crippen molar-refractivity contribution in [3.8, 4) is 0 Å². The maximum atomic E-state index is 12.7. The SMILES string of the molecule is O=C(O)c1c(F)cc(Br)c(F)c1F. The molecule has 0 radical (unpaired) electrons. The van der Waals surface area contributed by atoms with Crippen LogP contribution >= 0.6 is 15.9 Å². The zero-order valence-electron chi connectivity index (χ0n) is 5.94.